The molecule has 0 saturated carbocycles. The Morgan fingerprint density at radius 1 is 1.00 bits per heavy atom. The van der Waals surface area contributed by atoms with E-state index in [2.05, 4.69) is 0 Å². The van der Waals surface area contributed by atoms with Gasteiger partial charge in [-0.3, -0.25) is 4.79 Å². The zero-order valence-electron chi connectivity index (χ0n) is 12.4. The summed E-state index contributed by atoms with van der Waals surface area (Å²) in [7, 11) is 0. The van der Waals surface area contributed by atoms with Gasteiger partial charge < -0.3 is 15.4 Å². The van der Waals surface area contributed by atoms with Crippen LogP contribution in [0.2, 0.25) is 0 Å². The molecule has 1 fully saturated rings. The molecule has 0 unspecified atom stereocenters. The Kier molecular flexibility index (Phi) is 4.28. The lowest BCUT2D eigenvalue weighted by Crippen LogP contribution is -2.41. The van der Waals surface area contributed by atoms with Crippen LogP contribution in [-0.4, -0.2) is 30.0 Å². The van der Waals surface area contributed by atoms with Crippen LogP contribution in [0, 0.1) is 0 Å². The van der Waals surface area contributed by atoms with Gasteiger partial charge in [-0.2, -0.15) is 0 Å². The summed E-state index contributed by atoms with van der Waals surface area (Å²) in [5, 5.41) is 0. The molecule has 0 radical (unpaired) electrons. The first-order valence-corrected chi connectivity index (χ1v) is 7.59. The summed E-state index contributed by atoms with van der Waals surface area (Å²) in [6.45, 7) is 1.45. The zero-order valence-corrected chi connectivity index (χ0v) is 12.4. The van der Waals surface area contributed by atoms with E-state index in [1.54, 1.807) is 24.3 Å². The van der Waals surface area contributed by atoms with Crippen molar-refractivity contribution in [1.29, 1.82) is 0 Å². The number of rotatable bonds is 3. The molecular weight excluding hydrogens is 276 g/mol. The summed E-state index contributed by atoms with van der Waals surface area (Å²) >= 11 is 0. The van der Waals surface area contributed by atoms with Crippen LogP contribution in [0.4, 0.5) is 5.69 Å². The van der Waals surface area contributed by atoms with Crippen molar-refractivity contribution in [3.63, 3.8) is 0 Å². The lowest BCUT2D eigenvalue weighted by Gasteiger charge is -2.32. The molecule has 0 atom stereocenters. The molecule has 3 rings (SSSR count). The van der Waals surface area contributed by atoms with Crippen molar-refractivity contribution in [1.82, 2.24) is 4.90 Å². The van der Waals surface area contributed by atoms with E-state index in [1.807, 2.05) is 35.2 Å². The van der Waals surface area contributed by atoms with Crippen molar-refractivity contribution in [2.45, 2.75) is 18.9 Å². The summed E-state index contributed by atoms with van der Waals surface area (Å²) in [4.78, 5) is 14.3. The monoisotopic (exact) mass is 296 g/mol. The second-order valence-electron chi connectivity index (χ2n) is 5.54. The Balaban J connectivity index is 1.55. The average molecular weight is 296 g/mol. The van der Waals surface area contributed by atoms with E-state index >= 15 is 0 Å². The second-order valence-corrected chi connectivity index (χ2v) is 5.54. The number of carbonyl (C=O) groups is 1. The average Bonchev–Trinajstić information content (AvgIpc) is 2.57. The van der Waals surface area contributed by atoms with Crippen molar-refractivity contribution in [3.05, 3.63) is 60.2 Å². The summed E-state index contributed by atoms with van der Waals surface area (Å²) in [5.41, 5.74) is 7.02. The lowest BCUT2D eigenvalue weighted by atomic mass is 10.1. The minimum absolute atomic E-state index is 0.0677. The quantitative estimate of drug-likeness (QED) is 0.886. The SMILES string of the molecule is Nc1ccc(C(=O)N2CCC(Oc3ccccc3)CC2)cc1. The topological polar surface area (TPSA) is 55.6 Å². The number of anilines is 1. The fourth-order valence-electron chi connectivity index (χ4n) is 2.68. The van der Waals surface area contributed by atoms with Crippen LogP contribution in [0.1, 0.15) is 23.2 Å². The number of nitrogen functional groups attached to an aromatic ring is 1. The molecule has 4 heteroatoms. The van der Waals surface area contributed by atoms with Gasteiger partial charge in [-0.15, -0.1) is 0 Å². The number of likely N-dealkylation sites (tertiary alicyclic amines) is 1. The molecule has 22 heavy (non-hydrogen) atoms. The Bertz CT molecular complexity index is 617. The standard InChI is InChI=1S/C18H20N2O2/c19-15-8-6-14(7-9-15)18(21)20-12-10-17(11-13-20)22-16-4-2-1-3-5-16/h1-9,17H,10-13,19H2. The smallest absolute Gasteiger partial charge is 0.253 e. The molecule has 2 aromatic carbocycles. The minimum atomic E-state index is 0.0677. The maximum Gasteiger partial charge on any atom is 0.253 e. The van der Waals surface area contributed by atoms with E-state index < -0.39 is 0 Å². The maximum atomic E-state index is 12.4. The zero-order chi connectivity index (χ0) is 15.4. The van der Waals surface area contributed by atoms with E-state index in [1.165, 1.54) is 0 Å². The fourth-order valence-corrected chi connectivity index (χ4v) is 2.68. The highest BCUT2D eigenvalue weighted by molar-refractivity contribution is 5.94. The summed E-state index contributed by atoms with van der Waals surface area (Å²) < 4.78 is 5.95. The lowest BCUT2D eigenvalue weighted by molar-refractivity contribution is 0.0595. The number of hydrogen-bond donors (Lipinski definition) is 1. The molecule has 1 aliphatic rings. The highest BCUT2D eigenvalue weighted by Crippen LogP contribution is 2.20. The molecule has 1 saturated heterocycles. The molecule has 0 bridgehead atoms. The number of piperidine rings is 1. The third kappa shape index (κ3) is 3.39. The Morgan fingerprint density at radius 2 is 1.64 bits per heavy atom. The number of amides is 1. The van der Waals surface area contributed by atoms with Gasteiger partial charge in [0.15, 0.2) is 0 Å². The number of nitrogens with zero attached hydrogens (tertiary/aromatic N) is 1. The molecule has 2 aromatic rings. The predicted molar refractivity (Wildman–Crippen MR) is 86.8 cm³/mol. The third-order valence-corrected chi connectivity index (χ3v) is 3.93. The number of nitrogens with two attached hydrogens (primary N) is 1. The Morgan fingerprint density at radius 3 is 2.27 bits per heavy atom. The Labute approximate surface area is 130 Å². The molecule has 4 nitrogen and oxygen atoms in total. The number of hydrogen-bond acceptors (Lipinski definition) is 3. The fraction of sp³-hybridized carbons (Fsp3) is 0.278. The predicted octanol–water partition coefficient (Wildman–Crippen LogP) is 2.95. The normalized spacial score (nSPS) is 15.5. The van der Waals surface area contributed by atoms with Crippen LogP contribution in [0.5, 0.6) is 5.75 Å². The van der Waals surface area contributed by atoms with Gasteiger partial charge in [0.1, 0.15) is 11.9 Å². The van der Waals surface area contributed by atoms with Gasteiger partial charge in [-0.25, -0.2) is 0 Å². The van der Waals surface area contributed by atoms with E-state index in [9.17, 15) is 4.79 Å². The number of para-hydroxylation sites is 1. The van der Waals surface area contributed by atoms with Crippen LogP contribution in [-0.2, 0) is 0 Å². The first-order valence-electron chi connectivity index (χ1n) is 7.59. The van der Waals surface area contributed by atoms with E-state index in [0.717, 1.165) is 31.7 Å². The molecule has 1 amide bonds. The maximum absolute atomic E-state index is 12.4. The first-order chi connectivity index (χ1) is 10.7. The molecule has 0 aliphatic carbocycles. The summed E-state index contributed by atoms with van der Waals surface area (Å²) in [6.07, 6.45) is 1.89. The van der Waals surface area contributed by atoms with Crippen LogP contribution in [0.3, 0.4) is 0 Å². The van der Waals surface area contributed by atoms with E-state index in [4.69, 9.17) is 10.5 Å². The van der Waals surface area contributed by atoms with Crippen molar-refractivity contribution >= 4 is 11.6 Å². The Hall–Kier alpha value is -2.49. The van der Waals surface area contributed by atoms with Crippen molar-refractivity contribution in [3.8, 4) is 5.75 Å². The van der Waals surface area contributed by atoms with Crippen LogP contribution < -0.4 is 10.5 Å². The van der Waals surface area contributed by atoms with Crippen LogP contribution in [0.25, 0.3) is 0 Å². The van der Waals surface area contributed by atoms with E-state index in [-0.39, 0.29) is 12.0 Å². The van der Waals surface area contributed by atoms with Crippen molar-refractivity contribution in [2.75, 3.05) is 18.8 Å². The van der Waals surface area contributed by atoms with Gasteiger partial charge in [0.2, 0.25) is 0 Å². The molecule has 2 N–H and O–H groups in total. The molecule has 0 aromatic heterocycles. The number of benzene rings is 2. The van der Waals surface area contributed by atoms with Gasteiger partial charge in [0.05, 0.1) is 0 Å². The first kappa shape index (κ1) is 14.4. The van der Waals surface area contributed by atoms with Gasteiger partial charge in [-0.1, -0.05) is 18.2 Å². The second kappa shape index (κ2) is 6.52. The highest BCUT2D eigenvalue weighted by Gasteiger charge is 2.24. The van der Waals surface area contributed by atoms with Crippen LogP contribution in [0.15, 0.2) is 54.6 Å². The molecule has 1 heterocycles. The van der Waals surface area contributed by atoms with Crippen molar-refractivity contribution < 1.29 is 9.53 Å². The highest BCUT2D eigenvalue weighted by atomic mass is 16.5. The van der Waals surface area contributed by atoms with Gasteiger partial charge in [-0.05, 0) is 36.4 Å². The van der Waals surface area contributed by atoms with Gasteiger partial charge >= 0.3 is 0 Å². The third-order valence-electron chi connectivity index (χ3n) is 3.93. The molecular formula is C18H20N2O2. The number of carbonyl (C=O) groups excluding carboxylic acids is 1. The largest absolute Gasteiger partial charge is 0.490 e. The molecule has 0 spiro atoms. The van der Waals surface area contributed by atoms with Gasteiger partial charge in [0.25, 0.3) is 5.91 Å². The van der Waals surface area contributed by atoms with E-state index in [0.29, 0.717) is 11.3 Å². The molecule has 114 valence electrons. The van der Waals surface area contributed by atoms with Gasteiger partial charge in [0, 0.05) is 37.2 Å². The van der Waals surface area contributed by atoms with Crippen LogP contribution >= 0.6 is 0 Å². The summed E-state index contributed by atoms with van der Waals surface area (Å²) in [5.74, 6) is 0.962. The molecule has 1 aliphatic heterocycles. The minimum Gasteiger partial charge on any atom is -0.490 e. The number of ether oxygens (including phenoxy) is 1. The summed E-state index contributed by atoms with van der Waals surface area (Å²) in [6, 6.07) is 16.9. The van der Waals surface area contributed by atoms with Crippen molar-refractivity contribution in [2.24, 2.45) is 0 Å².